The van der Waals surface area contributed by atoms with Crippen LogP contribution in [0.25, 0.3) is 0 Å². The first-order chi connectivity index (χ1) is 11.7. The van der Waals surface area contributed by atoms with E-state index in [1.54, 1.807) is 24.3 Å². The number of nitrogens with one attached hydrogen (secondary N) is 1. The lowest BCUT2D eigenvalue weighted by Gasteiger charge is -2.19. The van der Waals surface area contributed by atoms with E-state index in [9.17, 15) is 8.42 Å². The molecule has 8 heteroatoms. The highest BCUT2D eigenvalue weighted by Gasteiger charge is 2.18. The largest absolute Gasteiger partial charge is 0.352 e. The summed E-state index contributed by atoms with van der Waals surface area (Å²) < 4.78 is 39.1. The van der Waals surface area contributed by atoms with Crippen molar-refractivity contribution in [1.29, 1.82) is 0 Å². The standard InChI is InChI=1S/C17H19BrClNO4S/c1-11(2)24-17(23-3)12-4-7-14(8-5-12)25(21,22)20-16-10-13(19)6-9-15(16)18/h4-11,17,20H,1-3H3. The van der Waals surface area contributed by atoms with Crippen LogP contribution < -0.4 is 4.72 Å². The summed E-state index contributed by atoms with van der Waals surface area (Å²) in [5, 5.41) is 0.435. The molecule has 1 N–H and O–H groups in total. The Hall–Kier alpha value is -1.12. The molecule has 25 heavy (non-hydrogen) atoms. The summed E-state index contributed by atoms with van der Waals surface area (Å²) >= 11 is 9.22. The second kappa shape index (κ2) is 8.51. The minimum atomic E-state index is -3.75. The summed E-state index contributed by atoms with van der Waals surface area (Å²) in [7, 11) is -2.21. The lowest BCUT2D eigenvalue weighted by atomic mass is 10.2. The molecule has 0 fully saturated rings. The van der Waals surface area contributed by atoms with Crippen molar-refractivity contribution in [3.05, 3.63) is 57.5 Å². The van der Waals surface area contributed by atoms with Crippen molar-refractivity contribution in [2.45, 2.75) is 31.1 Å². The molecule has 5 nitrogen and oxygen atoms in total. The second-order valence-corrected chi connectivity index (χ2v) is 8.52. The number of rotatable bonds is 7. The molecule has 0 aromatic heterocycles. The average Bonchev–Trinajstić information content (AvgIpc) is 2.56. The number of hydrogen-bond donors (Lipinski definition) is 1. The van der Waals surface area contributed by atoms with Crippen LogP contribution in [0.1, 0.15) is 25.7 Å². The van der Waals surface area contributed by atoms with Crippen molar-refractivity contribution in [2.75, 3.05) is 11.8 Å². The zero-order valence-electron chi connectivity index (χ0n) is 14.0. The highest BCUT2D eigenvalue weighted by molar-refractivity contribution is 9.10. The quantitative estimate of drug-likeness (QED) is 0.607. The molecule has 0 amide bonds. The summed E-state index contributed by atoms with van der Waals surface area (Å²) in [6, 6.07) is 11.2. The maximum atomic E-state index is 12.6. The van der Waals surface area contributed by atoms with Crippen LogP contribution in [-0.4, -0.2) is 21.6 Å². The SMILES string of the molecule is COC(OC(C)C)c1ccc(S(=O)(=O)Nc2cc(Cl)ccc2Br)cc1. The fraction of sp³-hybridized carbons (Fsp3) is 0.294. The van der Waals surface area contributed by atoms with Gasteiger partial charge in [0.25, 0.3) is 10.0 Å². The van der Waals surface area contributed by atoms with Crippen LogP contribution in [0, 0.1) is 0 Å². The minimum Gasteiger partial charge on any atom is -0.352 e. The number of anilines is 1. The van der Waals surface area contributed by atoms with Gasteiger partial charge in [0.05, 0.1) is 16.7 Å². The van der Waals surface area contributed by atoms with E-state index in [-0.39, 0.29) is 11.0 Å². The molecule has 0 spiro atoms. The van der Waals surface area contributed by atoms with Crippen LogP contribution >= 0.6 is 27.5 Å². The second-order valence-electron chi connectivity index (χ2n) is 5.55. The molecule has 0 radical (unpaired) electrons. The predicted molar refractivity (Wildman–Crippen MR) is 102 cm³/mol. The predicted octanol–water partition coefficient (Wildman–Crippen LogP) is 4.97. The van der Waals surface area contributed by atoms with Crippen molar-refractivity contribution in [3.63, 3.8) is 0 Å². The van der Waals surface area contributed by atoms with Crippen molar-refractivity contribution >= 4 is 43.2 Å². The van der Waals surface area contributed by atoms with E-state index in [0.717, 1.165) is 5.56 Å². The highest BCUT2D eigenvalue weighted by atomic mass is 79.9. The summed E-state index contributed by atoms with van der Waals surface area (Å²) in [5.74, 6) is 0. The number of methoxy groups -OCH3 is 1. The van der Waals surface area contributed by atoms with Crippen LogP contribution in [-0.2, 0) is 19.5 Å². The molecule has 0 aliphatic carbocycles. The number of halogens is 2. The molecule has 1 atom stereocenters. The molecule has 0 saturated heterocycles. The Labute approximate surface area is 161 Å². The maximum Gasteiger partial charge on any atom is 0.261 e. The van der Waals surface area contributed by atoms with Gasteiger partial charge in [-0.2, -0.15) is 0 Å². The first-order valence-corrected chi connectivity index (χ1v) is 10.1. The van der Waals surface area contributed by atoms with Gasteiger partial charge in [0, 0.05) is 22.2 Å². The van der Waals surface area contributed by atoms with E-state index in [1.807, 2.05) is 13.8 Å². The van der Waals surface area contributed by atoms with Gasteiger partial charge in [0.2, 0.25) is 0 Å². The smallest absolute Gasteiger partial charge is 0.261 e. The third kappa shape index (κ3) is 5.43. The van der Waals surface area contributed by atoms with Gasteiger partial charge in [0.15, 0.2) is 6.29 Å². The minimum absolute atomic E-state index is 0.0183. The first kappa shape index (κ1) is 20.2. The van der Waals surface area contributed by atoms with Gasteiger partial charge in [0.1, 0.15) is 0 Å². The highest BCUT2D eigenvalue weighted by Crippen LogP contribution is 2.29. The Bertz CT molecular complexity index is 825. The Balaban J connectivity index is 2.24. The summed E-state index contributed by atoms with van der Waals surface area (Å²) in [5.41, 5.74) is 1.11. The fourth-order valence-electron chi connectivity index (χ4n) is 2.10. The van der Waals surface area contributed by atoms with Gasteiger partial charge in [-0.15, -0.1) is 0 Å². The zero-order chi connectivity index (χ0) is 18.6. The van der Waals surface area contributed by atoms with Crippen LogP contribution in [0.4, 0.5) is 5.69 Å². The molecule has 0 aliphatic heterocycles. The Morgan fingerprint density at radius 2 is 1.76 bits per heavy atom. The van der Waals surface area contributed by atoms with E-state index in [1.165, 1.54) is 25.3 Å². The number of benzene rings is 2. The van der Waals surface area contributed by atoms with Gasteiger partial charge in [-0.05, 0) is 60.1 Å². The monoisotopic (exact) mass is 447 g/mol. The summed E-state index contributed by atoms with van der Waals surface area (Å²) in [6.45, 7) is 3.80. The normalized spacial score (nSPS) is 13.0. The van der Waals surface area contributed by atoms with Crippen molar-refractivity contribution in [2.24, 2.45) is 0 Å². The molecule has 2 aromatic rings. The summed E-state index contributed by atoms with van der Waals surface area (Å²) in [6.07, 6.45) is -0.568. The van der Waals surface area contributed by atoms with Gasteiger partial charge in [-0.3, -0.25) is 4.72 Å². The molecule has 0 saturated carbocycles. The van der Waals surface area contributed by atoms with E-state index in [0.29, 0.717) is 15.2 Å². The van der Waals surface area contributed by atoms with Crippen molar-refractivity contribution < 1.29 is 17.9 Å². The summed E-state index contributed by atoms with van der Waals surface area (Å²) in [4.78, 5) is 0.127. The average molecular weight is 449 g/mol. The van der Waals surface area contributed by atoms with Crippen LogP contribution in [0.15, 0.2) is 51.8 Å². The van der Waals surface area contributed by atoms with Gasteiger partial charge < -0.3 is 9.47 Å². The molecule has 0 heterocycles. The number of hydrogen-bond acceptors (Lipinski definition) is 4. The Morgan fingerprint density at radius 1 is 1.12 bits per heavy atom. The van der Waals surface area contributed by atoms with Crippen molar-refractivity contribution in [3.8, 4) is 0 Å². The molecular formula is C17H19BrClNO4S. The maximum absolute atomic E-state index is 12.6. The molecule has 0 bridgehead atoms. The van der Waals surface area contributed by atoms with E-state index < -0.39 is 16.3 Å². The topological polar surface area (TPSA) is 64.6 Å². The first-order valence-electron chi connectivity index (χ1n) is 7.49. The molecular weight excluding hydrogens is 430 g/mol. The van der Waals surface area contributed by atoms with Crippen LogP contribution in [0.5, 0.6) is 0 Å². The van der Waals surface area contributed by atoms with E-state index in [4.69, 9.17) is 21.1 Å². The lowest BCUT2D eigenvalue weighted by Crippen LogP contribution is -2.15. The zero-order valence-corrected chi connectivity index (χ0v) is 17.2. The molecule has 2 rings (SSSR count). The van der Waals surface area contributed by atoms with Gasteiger partial charge in [-0.25, -0.2) is 8.42 Å². The third-order valence-corrected chi connectivity index (χ3v) is 5.55. The van der Waals surface area contributed by atoms with E-state index in [2.05, 4.69) is 20.7 Å². The van der Waals surface area contributed by atoms with Gasteiger partial charge in [-0.1, -0.05) is 23.7 Å². The van der Waals surface area contributed by atoms with Crippen LogP contribution in [0.3, 0.4) is 0 Å². The molecule has 136 valence electrons. The van der Waals surface area contributed by atoms with Crippen LogP contribution in [0.2, 0.25) is 5.02 Å². The fourth-order valence-corrected chi connectivity index (χ4v) is 3.82. The molecule has 0 aliphatic rings. The van der Waals surface area contributed by atoms with E-state index >= 15 is 0 Å². The Morgan fingerprint density at radius 3 is 2.32 bits per heavy atom. The van der Waals surface area contributed by atoms with Crippen molar-refractivity contribution in [1.82, 2.24) is 0 Å². The Kier molecular flexibility index (Phi) is 6.87. The number of ether oxygens (including phenoxy) is 2. The number of sulfonamides is 1. The molecule has 2 aromatic carbocycles. The molecule has 1 unspecified atom stereocenters. The lowest BCUT2D eigenvalue weighted by molar-refractivity contribution is -0.150. The third-order valence-electron chi connectivity index (χ3n) is 3.25. The van der Waals surface area contributed by atoms with Gasteiger partial charge >= 0.3 is 0 Å².